The number of hydrogen-bond acceptors (Lipinski definition) is 4. The van der Waals surface area contributed by atoms with Crippen molar-refractivity contribution in [1.29, 1.82) is 0 Å². The van der Waals surface area contributed by atoms with Crippen LogP contribution in [0, 0.1) is 11.8 Å². The first-order chi connectivity index (χ1) is 17.5. The van der Waals surface area contributed by atoms with Crippen molar-refractivity contribution in [2.45, 2.75) is 19.3 Å². The van der Waals surface area contributed by atoms with Gasteiger partial charge in [0.25, 0.3) is 5.91 Å². The maximum atomic E-state index is 13.2. The van der Waals surface area contributed by atoms with Crippen LogP contribution in [0.5, 0.6) is 0 Å². The Hall–Kier alpha value is -2.89. The van der Waals surface area contributed by atoms with Gasteiger partial charge in [0.15, 0.2) is 0 Å². The minimum absolute atomic E-state index is 0.204. The number of aromatic nitrogens is 2. The molecule has 0 unspecified atom stereocenters. The van der Waals surface area contributed by atoms with Gasteiger partial charge < -0.3 is 16.0 Å². The average molecular weight is 565 g/mol. The summed E-state index contributed by atoms with van der Waals surface area (Å²) in [5.74, 6) is 6.28. The molecular weight excluding hydrogens is 538 g/mol. The smallest absolute Gasteiger partial charge is 0.252 e. The van der Waals surface area contributed by atoms with Gasteiger partial charge in [-0.1, -0.05) is 45.8 Å². The van der Waals surface area contributed by atoms with E-state index in [0.29, 0.717) is 52.4 Å². The Kier molecular flexibility index (Phi) is 7.59. The molecule has 0 bridgehead atoms. The van der Waals surface area contributed by atoms with Crippen LogP contribution in [0.3, 0.4) is 0 Å². The number of nitrogens with zero attached hydrogens (tertiary/aromatic N) is 2. The Balaban J connectivity index is 1.59. The summed E-state index contributed by atoms with van der Waals surface area (Å²) in [7, 11) is 0. The normalized spacial score (nSPS) is 14.1. The highest BCUT2D eigenvalue weighted by Crippen LogP contribution is 2.33. The molecular formula is C28H27BrClN5O. The van der Waals surface area contributed by atoms with Crippen LogP contribution in [-0.4, -0.2) is 53.5 Å². The molecule has 1 saturated heterocycles. The summed E-state index contributed by atoms with van der Waals surface area (Å²) in [6, 6.07) is 11.5. The molecule has 5 rings (SSSR count). The molecule has 4 aromatic rings. The summed E-state index contributed by atoms with van der Waals surface area (Å²) in [5.41, 5.74) is 10.1. The number of pyridine rings is 1. The minimum Gasteiger partial charge on any atom is -0.360 e. The molecule has 1 amide bonds. The molecule has 4 N–H and O–H groups in total. The van der Waals surface area contributed by atoms with Crippen molar-refractivity contribution in [3.8, 4) is 23.1 Å². The highest BCUT2D eigenvalue weighted by molar-refractivity contribution is 9.10. The van der Waals surface area contributed by atoms with Crippen molar-refractivity contribution in [2.24, 2.45) is 5.73 Å². The van der Waals surface area contributed by atoms with E-state index in [2.05, 4.69) is 43.0 Å². The molecule has 6 nitrogen and oxygen atoms in total. The van der Waals surface area contributed by atoms with E-state index in [1.807, 2.05) is 36.5 Å². The van der Waals surface area contributed by atoms with E-state index in [1.54, 1.807) is 6.07 Å². The molecule has 8 heteroatoms. The van der Waals surface area contributed by atoms with E-state index in [0.717, 1.165) is 34.0 Å². The van der Waals surface area contributed by atoms with Crippen LogP contribution in [0.4, 0.5) is 0 Å². The third kappa shape index (κ3) is 5.28. The first kappa shape index (κ1) is 24.8. The summed E-state index contributed by atoms with van der Waals surface area (Å²) in [5, 5.41) is 5.14. The molecule has 2 aromatic carbocycles. The summed E-state index contributed by atoms with van der Waals surface area (Å²) >= 11 is 10.2. The highest BCUT2D eigenvalue weighted by Gasteiger charge is 2.18. The second-order valence-corrected chi connectivity index (χ2v) is 10.3. The Morgan fingerprint density at radius 1 is 1.17 bits per heavy atom. The van der Waals surface area contributed by atoms with Crippen LogP contribution in [0.25, 0.3) is 33.1 Å². The monoisotopic (exact) mass is 563 g/mol. The SMILES string of the molecule is NCCNC(=O)c1cc(-c2c[nH]c3ccc(Br)cc23)nc2cc(Cl)c(C#CCN3CCCCC3)cc12. The molecule has 36 heavy (non-hydrogen) atoms. The summed E-state index contributed by atoms with van der Waals surface area (Å²) in [4.78, 5) is 23.7. The van der Waals surface area contributed by atoms with Gasteiger partial charge in [0.1, 0.15) is 0 Å². The predicted molar refractivity (Wildman–Crippen MR) is 150 cm³/mol. The van der Waals surface area contributed by atoms with Crippen molar-refractivity contribution < 1.29 is 4.79 Å². The number of rotatable bonds is 5. The summed E-state index contributed by atoms with van der Waals surface area (Å²) in [6.07, 6.45) is 5.65. The van der Waals surface area contributed by atoms with E-state index < -0.39 is 0 Å². The van der Waals surface area contributed by atoms with Gasteiger partial charge in [-0.15, -0.1) is 0 Å². The Morgan fingerprint density at radius 2 is 2.00 bits per heavy atom. The third-order valence-electron chi connectivity index (χ3n) is 6.47. The van der Waals surface area contributed by atoms with Gasteiger partial charge in [-0.3, -0.25) is 9.69 Å². The van der Waals surface area contributed by atoms with Crippen LogP contribution >= 0.6 is 27.5 Å². The second-order valence-electron chi connectivity index (χ2n) is 8.98. The number of fused-ring (bicyclic) bond motifs is 2. The van der Waals surface area contributed by atoms with Gasteiger partial charge >= 0.3 is 0 Å². The van der Waals surface area contributed by atoms with E-state index in [9.17, 15) is 4.79 Å². The topological polar surface area (TPSA) is 87.0 Å². The number of likely N-dealkylation sites (tertiary alicyclic amines) is 1. The first-order valence-corrected chi connectivity index (χ1v) is 13.3. The van der Waals surface area contributed by atoms with Crippen molar-refractivity contribution in [3.05, 3.63) is 63.2 Å². The number of hydrogen-bond donors (Lipinski definition) is 3. The number of piperidine rings is 1. The van der Waals surface area contributed by atoms with Gasteiger partial charge in [0.05, 0.1) is 28.3 Å². The number of nitrogens with two attached hydrogens (primary N) is 1. The molecule has 2 aromatic heterocycles. The molecule has 1 aliphatic heterocycles. The van der Waals surface area contributed by atoms with Crippen molar-refractivity contribution in [2.75, 3.05) is 32.7 Å². The van der Waals surface area contributed by atoms with E-state index in [-0.39, 0.29) is 5.91 Å². The summed E-state index contributed by atoms with van der Waals surface area (Å²) < 4.78 is 0.966. The number of aromatic amines is 1. The number of halogens is 2. The standard InChI is InChI=1S/C28H27BrClN5O/c29-19-6-7-25-21(14-19)23(17-33-25)26-15-22(28(36)32-9-8-31)20-13-18(24(30)16-27(20)34-26)5-4-12-35-10-2-1-3-11-35/h6-7,13-17,33H,1-3,8-12,31H2,(H,32,36). The number of benzene rings is 2. The van der Waals surface area contributed by atoms with E-state index in [4.69, 9.17) is 22.3 Å². The molecule has 184 valence electrons. The lowest BCUT2D eigenvalue weighted by molar-refractivity contribution is 0.0956. The lowest BCUT2D eigenvalue weighted by atomic mass is 10.0. The largest absolute Gasteiger partial charge is 0.360 e. The van der Waals surface area contributed by atoms with Crippen LogP contribution in [-0.2, 0) is 0 Å². The van der Waals surface area contributed by atoms with E-state index >= 15 is 0 Å². The number of H-pyrrole nitrogens is 1. The van der Waals surface area contributed by atoms with Gasteiger partial charge in [0.2, 0.25) is 0 Å². The van der Waals surface area contributed by atoms with Crippen LogP contribution < -0.4 is 11.1 Å². The molecule has 0 saturated carbocycles. The quantitative estimate of drug-likeness (QED) is 0.286. The minimum atomic E-state index is -0.204. The molecule has 1 fully saturated rings. The van der Waals surface area contributed by atoms with Crippen LogP contribution in [0.15, 0.2) is 47.1 Å². The zero-order valence-electron chi connectivity index (χ0n) is 19.8. The Morgan fingerprint density at radius 3 is 2.81 bits per heavy atom. The Labute approximate surface area is 223 Å². The fourth-order valence-corrected chi connectivity index (χ4v) is 5.19. The lowest BCUT2D eigenvalue weighted by Gasteiger charge is -2.23. The fourth-order valence-electron chi connectivity index (χ4n) is 4.62. The van der Waals surface area contributed by atoms with Gasteiger partial charge in [-0.05, 0) is 62.3 Å². The van der Waals surface area contributed by atoms with Gasteiger partial charge in [-0.25, -0.2) is 4.98 Å². The Bertz CT molecular complexity index is 1500. The first-order valence-electron chi connectivity index (χ1n) is 12.1. The second kappa shape index (κ2) is 11.0. The molecule has 1 aliphatic rings. The average Bonchev–Trinajstić information content (AvgIpc) is 3.30. The van der Waals surface area contributed by atoms with Crippen molar-refractivity contribution in [3.63, 3.8) is 0 Å². The predicted octanol–water partition coefficient (Wildman–Crippen LogP) is 5.32. The fraction of sp³-hybridized carbons (Fsp3) is 0.286. The zero-order chi connectivity index (χ0) is 25.1. The maximum absolute atomic E-state index is 13.2. The molecule has 0 spiro atoms. The van der Waals surface area contributed by atoms with Crippen LogP contribution in [0.2, 0.25) is 5.02 Å². The third-order valence-corrected chi connectivity index (χ3v) is 7.27. The number of carbonyl (C=O) groups excluding carboxylic acids is 1. The number of carbonyl (C=O) groups is 1. The zero-order valence-corrected chi connectivity index (χ0v) is 22.2. The van der Waals surface area contributed by atoms with Crippen LogP contribution in [0.1, 0.15) is 35.2 Å². The number of amides is 1. The molecule has 0 aliphatic carbocycles. The van der Waals surface area contributed by atoms with E-state index in [1.165, 1.54) is 19.3 Å². The van der Waals surface area contributed by atoms with Crippen molar-refractivity contribution in [1.82, 2.24) is 20.2 Å². The molecule has 3 heterocycles. The van der Waals surface area contributed by atoms with Crippen molar-refractivity contribution >= 4 is 55.2 Å². The highest BCUT2D eigenvalue weighted by atomic mass is 79.9. The maximum Gasteiger partial charge on any atom is 0.252 e. The molecule has 0 atom stereocenters. The van der Waals surface area contributed by atoms with Gasteiger partial charge in [0, 0.05) is 51.2 Å². The number of nitrogens with one attached hydrogen (secondary N) is 2. The van der Waals surface area contributed by atoms with Gasteiger partial charge in [-0.2, -0.15) is 0 Å². The lowest BCUT2D eigenvalue weighted by Crippen LogP contribution is -2.29. The summed E-state index contributed by atoms with van der Waals surface area (Å²) in [6.45, 7) is 3.63. The molecule has 0 radical (unpaired) electrons.